The maximum absolute atomic E-state index is 5.39. The van der Waals surface area contributed by atoms with Crippen LogP contribution in [0.4, 0.5) is 0 Å². The molecule has 0 saturated carbocycles. The van der Waals surface area contributed by atoms with Gasteiger partial charge >= 0.3 is 0 Å². The van der Waals surface area contributed by atoms with E-state index in [4.69, 9.17) is 20.2 Å². The monoisotopic (exact) mass is 297 g/mol. The first-order chi connectivity index (χ1) is 10.7. The average Bonchev–Trinajstić information content (AvgIpc) is 2.59. The van der Waals surface area contributed by atoms with Crippen molar-refractivity contribution in [2.45, 2.75) is 0 Å². The van der Waals surface area contributed by atoms with Gasteiger partial charge in [0.1, 0.15) is 11.5 Å². The van der Waals surface area contributed by atoms with E-state index < -0.39 is 0 Å². The highest BCUT2D eigenvalue weighted by Gasteiger charge is 2.06. The number of hydrogen-bond donors (Lipinski definition) is 1. The molecule has 0 saturated heterocycles. The largest absolute Gasteiger partial charge is 0.497 e. The first kappa shape index (κ1) is 15.7. The van der Waals surface area contributed by atoms with Gasteiger partial charge in [-0.1, -0.05) is 18.7 Å². The van der Waals surface area contributed by atoms with E-state index in [1.165, 1.54) is 0 Å². The maximum atomic E-state index is 5.39. The minimum Gasteiger partial charge on any atom is -0.497 e. The lowest BCUT2D eigenvalue weighted by Crippen LogP contribution is -1.99. The van der Waals surface area contributed by atoms with Crippen LogP contribution in [0.1, 0.15) is 11.1 Å². The summed E-state index contributed by atoms with van der Waals surface area (Å²) < 4.78 is 10.4. The van der Waals surface area contributed by atoms with Crippen molar-refractivity contribution in [2.24, 2.45) is 5.90 Å². The molecule has 4 heteroatoms. The molecular weight excluding hydrogens is 278 g/mol. The molecule has 0 aliphatic rings. The number of nitrogens with two attached hydrogens (primary N) is 1. The summed E-state index contributed by atoms with van der Waals surface area (Å²) in [5.41, 5.74) is 2.55. The highest BCUT2D eigenvalue weighted by Crippen LogP contribution is 2.25. The van der Waals surface area contributed by atoms with Gasteiger partial charge in [0, 0.05) is 5.56 Å². The van der Waals surface area contributed by atoms with Gasteiger partial charge in [-0.2, -0.15) is 5.90 Å². The molecule has 0 fully saturated rings. The first-order valence-electron chi connectivity index (χ1n) is 6.74. The van der Waals surface area contributed by atoms with Crippen molar-refractivity contribution in [3.63, 3.8) is 0 Å². The van der Waals surface area contributed by atoms with E-state index in [-0.39, 0.29) is 0 Å². The van der Waals surface area contributed by atoms with E-state index in [1.807, 2.05) is 48.5 Å². The Balaban J connectivity index is 2.28. The van der Waals surface area contributed by atoms with E-state index in [0.717, 1.165) is 28.2 Å². The fraction of sp³-hybridized carbons (Fsp3) is 0.111. The fourth-order valence-electron chi connectivity index (χ4n) is 2.01. The zero-order valence-electron chi connectivity index (χ0n) is 12.7. The Morgan fingerprint density at radius 2 is 1.64 bits per heavy atom. The van der Waals surface area contributed by atoms with Gasteiger partial charge in [0.25, 0.3) is 0 Å². The Morgan fingerprint density at radius 3 is 2.23 bits per heavy atom. The van der Waals surface area contributed by atoms with Crippen LogP contribution < -0.4 is 15.4 Å². The van der Waals surface area contributed by atoms with E-state index in [1.54, 1.807) is 20.3 Å². The molecule has 0 aromatic heterocycles. The number of methoxy groups -OCH3 is 2. The van der Waals surface area contributed by atoms with E-state index >= 15 is 0 Å². The number of hydrogen-bond acceptors (Lipinski definition) is 4. The van der Waals surface area contributed by atoms with Gasteiger partial charge in [-0.25, -0.2) is 0 Å². The molecule has 0 radical (unpaired) electrons. The molecule has 0 bridgehead atoms. The van der Waals surface area contributed by atoms with Crippen LogP contribution >= 0.6 is 0 Å². The highest BCUT2D eigenvalue weighted by atomic mass is 16.6. The second-order valence-corrected chi connectivity index (χ2v) is 4.61. The number of ether oxygens (including phenoxy) is 2. The number of allylic oxidation sites excluding steroid dienone is 2. The Morgan fingerprint density at radius 1 is 0.955 bits per heavy atom. The van der Waals surface area contributed by atoms with E-state index in [0.29, 0.717) is 5.76 Å². The molecule has 0 aliphatic heterocycles. The van der Waals surface area contributed by atoms with Gasteiger partial charge in [0.05, 0.1) is 14.2 Å². The van der Waals surface area contributed by atoms with Crippen LogP contribution in [0.3, 0.4) is 0 Å². The fourth-order valence-corrected chi connectivity index (χ4v) is 2.01. The lowest BCUT2D eigenvalue weighted by atomic mass is 10.0. The lowest BCUT2D eigenvalue weighted by molar-refractivity contribution is 0.291. The van der Waals surface area contributed by atoms with Crippen LogP contribution in [0, 0.1) is 0 Å². The molecule has 2 N–H and O–H groups in total. The minimum absolute atomic E-state index is 0.524. The van der Waals surface area contributed by atoms with Gasteiger partial charge < -0.3 is 14.3 Å². The van der Waals surface area contributed by atoms with Crippen molar-refractivity contribution in [1.82, 2.24) is 0 Å². The van der Waals surface area contributed by atoms with Crippen LogP contribution in [-0.4, -0.2) is 14.2 Å². The van der Waals surface area contributed by atoms with E-state index in [9.17, 15) is 0 Å². The van der Waals surface area contributed by atoms with Crippen molar-refractivity contribution < 1.29 is 14.3 Å². The van der Waals surface area contributed by atoms with Gasteiger partial charge in [-0.05, 0) is 53.6 Å². The van der Waals surface area contributed by atoms with Crippen molar-refractivity contribution in [1.29, 1.82) is 0 Å². The summed E-state index contributed by atoms with van der Waals surface area (Å²) >= 11 is 0. The SMILES string of the molecule is C=C(/C=C(\ON)c1ccc(OC)cc1)c1cccc(OC)c1. The molecule has 0 heterocycles. The molecule has 0 unspecified atom stereocenters. The number of benzene rings is 2. The molecule has 0 spiro atoms. The molecule has 0 amide bonds. The van der Waals surface area contributed by atoms with Crippen LogP contribution in [0.2, 0.25) is 0 Å². The second-order valence-electron chi connectivity index (χ2n) is 4.61. The molecule has 2 rings (SSSR count). The quantitative estimate of drug-likeness (QED) is 0.502. The smallest absolute Gasteiger partial charge is 0.154 e. The van der Waals surface area contributed by atoms with Crippen LogP contribution in [-0.2, 0) is 4.84 Å². The van der Waals surface area contributed by atoms with Crippen molar-refractivity contribution in [3.8, 4) is 11.5 Å². The Hall–Kier alpha value is -2.72. The molecule has 22 heavy (non-hydrogen) atoms. The topological polar surface area (TPSA) is 53.7 Å². The maximum Gasteiger partial charge on any atom is 0.154 e. The molecule has 4 nitrogen and oxygen atoms in total. The van der Waals surface area contributed by atoms with Crippen LogP contribution in [0.25, 0.3) is 11.3 Å². The summed E-state index contributed by atoms with van der Waals surface area (Å²) in [7, 11) is 3.25. The van der Waals surface area contributed by atoms with Gasteiger partial charge in [-0.3, -0.25) is 0 Å². The summed E-state index contributed by atoms with van der Waals surface area (Å²) in [5, 5.41) is 0. The molecule has 2 aromatic rings. The van der Waals surface area contributed by atoms with Crippen LogP contribution in [0.15, 0.2) is 61.2 Å². The minimum atomic E-state index is 0.524. The lowest BCUT2D eigenvalue weighted by Gasteiger charge is -2.09. The summed E-state index contributed by atoms with van der Waals surface area (Å²) in [4.78, 5) is 4.99. The molecular formula is C18H19NO3. The normalized spacial score (nSPS) is 11.0. The summed E-state index contributed by atoms with van der Waals surface area (Å²) in [6, 6.07) is 15.1. The summed E-state index contributed by atoms with van der Waals surface area (Å²) in [6.45, 7) is 4.06. The Bertz CT molecular complexity index is 675. The van der Waals surface area contributed by atoms with E-state index in [2.05, 4.69) is 6.58 Å². The Labute approximate surface area is 130 Å². The molecule has 0 aliphatic carbocycles. The highest BCUT2D eigenvalue weighted by molar-refractivity contribution is 5.81. The van der Waals surface area contributed by atoms with Crippen molar-refractivity contribution in [2.75, 3.05) is 14.2 Å². The predicted octanol–water partition coefficient (Wildman–Crippen LogP) is 3.65. The zero-order chi connectivity index (χ0) is 15.9. The Kier molecular flexibility index (Phi) is 5.22. The van der Waals surface area contributed by atoms with Crippen LogP contribution in [0.5, 0.6) is 11.5 Å². The standard InChI is InChI=1S/C18H19NO3/c1-13(15-5-4-6-17(12-15)21-3)11-18(22-19)14-7-9-16(20-2)10-8-14/h4-12H,1,19H2,2-3H3/b18-11-. The van der Waals surface area contributed by atoms with Gasteiger partial charge in [0.2, 0.25) is 0 Å². The molecule has 0 atom stereocenters. The van der Waals surface area contributed by atoms with Gasteiger partial charge in [-0.15, -0.1) is 0 Å². The first-order valence-corrected chi connectivity index (χ1v) is 6.74. The van der Waals surface area contributed by atoms with Crippen molar-refractivity contribution >= 4 is 11.3 Å². The zero-order valence-corrected chi connectivity index (χ0v) is 12.7. The van der Waals surface area contributed by atoms with Gasteiger partial charge in [0.15, 0.2) is 5.76 Å². The third kappa shape index (κ3) is 3.68. The molecule has 114 valence electrons. The third-order valence-corrected chi connectivity index (χ3v) is 3.25. The summed E-state index contributed by atoms with van der Waals surface area (Å²) in [6.07, 6.45) is 1.79. The van der Waals surface area contributed by atoms with Crippen molar-refractivity contribution in [3.05, 3.63) is 72.3 Å². The predicted molar refractivity (Wildman–Crippen MR) is 88.3 cm³/mol. The average molecular weight is 297 g/mol. The number of rotatable bonds is 6. The molecule has 2 aromatic carbocycles. The summed E-state index contributed by atoms with van der Waals surface area (Å²) in [5.74, 6) is 7.46. The third-order valence-electron chi connectivity index (χ3n) is 3.25. The second kappa shape index (κ2) is 7.33.